The molecule has 1 atom stereocenters. The number of carbonyl (C=O) groups excluding carboxylic acids is 1. The second-order valence-corrected chi connectivity index (χ2v) is 4.72. The van der Waals surface area contributed by atoms with Gasteiger partial charge in [-0.15, -0.1) is 0 Å². The van der Waals surface area contributed by atoms with E-state index in [-0.39, 0.29) is 5.97 Å². The first-order valence-electron chi connectivity index (χ1n) is 6.07. The van der Waals surface area contributed by atoms with Crippen LogP contribution in [-0.4, -0.2) is 17.4 Å². The molecule has 1 aromatic carbocycles. The SMILES string of the molecule is CC(=O)Oc1c(C)c(C)c2c(c1C)CCC(O)O2. The van der Waals surface area contributed by atoms with E-state index in [9.17, 15) is 9.90 Å². The van der Waals surface area contributed by atoms with E-state index in [0.29, 0.717) is 12.2 Å². The maximum absolute atomic E-state index is 11.2. The molecule has 0 fully saturated rings. The average Bonchev–Trinajstić information content (AvgIpc) is 2.31. The van der Waals surface area contributed by atoms with Crippen molar-refractivity contribution in [2.75, 3.05) is 0 Å². The van der Waals surface area contributed by atoms with Crippen molar-refractivity contribution >= 4 is 5.97 Å². The summed E-state index contributed by atoms with van der Waals surface area (Å²) in [6.45, 7) is 7.13. The van der Waals surface area contributed by atoms with E-state index in [1.54, 1.807) is 0 Å². The minimum Gasteiger partial charge on any atom is -0.465 e. The van der Waals surface area contributed by atoms with Crippen molar-refractivity contribution in [1.29, 1.82) is 0 Å². The largest absolute Gasteiger partial charge is 0.465 e. The minimum absolute atomic E-state index is 0.322. The van der Waals surface area contributed by atoms with E-state index in [4.69, 9.17) is 9.47 Å². The fourth-order valence-electron chi connectivity index (χ4n) is 2.38. The van der Waals surface area contributed by atoms with Crippen LogP contribution in [-0.2, 0) is 11.2 Å². The number of aliphatic hydroxyl groups is 1. The van der Waals surface area contributed by atoms with Crippen LogP contribution in [0.25, 0.3) is 0 Å². The number of rotatable bonds is 1. The summed E-state index contributed by atoms with van der Waals surface area (Å²) in [6, 6.07) is 0. The lowest BCUT2D eigenvalue weighted by Crippen LogP contribution is -2.24. The van der Waals surface area contributed by atoms with Crippen molar-refractivity contribution in [2.24, 2.45) is 0 Å². The first-order chi connectivity index (χ1) is 8.41. The fraction of sp³-hybridized carbons (Fsp3) is 0.500. The number of benzene rings is 1. The number of fused-ring (bicyclic) bond motifs is 1. The molecule has 4 nitrogen and oxygen atoms in total. The van der Waals surface area contributed by atoms with Crippen molar-refractivity contribution < 1.29 is 19.4 Å². The van der Waals surface area contributed by atoms with Crippen LogP contribution >= 0.6 is 0 Å². The smallest absolute Gasteiger partial charge is 0.308 e. The van der Waals surface area contributed by atoms with Gasteiger partial charge in [-0.3, -0.25) is 4.79 Å². The van der Waals surface area contributed by atoms with Gasteiger partial charge in [0.2, 0.25) is 0 Å². The molecule has 0 saturated heterocycles. The molecule has 2 rings (SSSR count). The average molecular weight is 250 g/mol. The normalized spacial score (nSPS) is 17.9. The van der Waals surface area contributed by atoms with Crippen LogP contribution < -0.4 is 9.47 Å². The third kappa shape index (κ3) is 2.08. The Balaban J connectivity index is 2.59. The van der Waals surface area contributed by atoms with Gasteiger partial charge in [0.1, 0.15) is 11.5 Å². The lowest BCUT2D eigenvalue weighted by molar-refractivity contribution is -0.132. The molecule has 0 spiro atoms. The third-order valence-corrected chi connectivity index (χ3v) is 3.45. The molecule has 1 aliphatic rings. The summed E-state index contributed by atoms with van der Waals surface area (Å²) < 4.78 is 10.8. The van der Waals surface area contributed by atoms with Crippen molar-refractivity contribution in [3.8, 4) is 11.5 Å². The number of esters is 1. The van der Waals surface area contributed by atoms with Crippen LogP contribution in [0.1, 0.15) is 35.6 Å². The lowest BCUT2D eigenvalue weighted by atomic mass is 9.93. The Morgan fingerprint density at radius 1 is 1.28 bits per heavy atom. The Bertz CT molecular complexity index is 505. The van der Waals surface area contributed by atoms with Gasteiger partial charge < -0.3 is 14.6 Å². The zero-order valence-corrected chi connectivity index (χ0v) is 11.2. The maximum Gasteiger partial charge on any atom is 0.308 e. The molecule has 98 valence electrons. The zero-order chi connectivity index (χ0) is 13.4. The van der Waals surface area contributed by atoms with Gasteiger partial charge in [-0.25, -0.2) is 0 Å². The monoisotopic (exact) mass is 250 g/mol. The quantitative estimate of drug-likeness (QED) is 0.613. The summed E-state index contributed by atoms with van der Waals surface area (Å²) >= 11 is 0. The Morgan fingerprint density at radius 3 is 2.56 bits per heavy atom. The van der Waals surface area contributed by atoms with Gasteiger partial charge >= 0.3 is 5.97 Å². The molecule has 0 bridgehead atoms. The van der Waals surface area contributed by atoms with Crippen LogP contribution in [0.4, 0.5) is 0 Å². The predicted molar refractivity (Wildman–Crippen MR) is 66.9 cm³/mol. The molecule has 1 aliphatic heterocycles. The molecule has 0 aromatic heterocycles. The van der Waals surface area contributed by atoms with Crippen molar-refractivity contribution in [2.45, 2.75) is 46.8 Å². The summed E-state index contributed by atoms with van der Waals surface area (Å²) in [5, 5.41) is 9.57. The second kappa shape index (κ2) is 4.61. The van der Waals surface area contributed by atoms with Gasteiger partial charge in [0.15, 0.2) is 6.29 Å². The Labute approximate surface area is 107 Å². The van der Waals surface area contributed by atoms with Gasteiger partial charge in [-0.05, 0) is 43.9 Å². The lowest BCUT2D eigenvalue weighted by Gasteiger charge is -2.27. The van der Waals surface area contributed by atoms with Crippen LogP contribution in [0.2, 0.25) is 0 Å². The van der Waals surface area contributed by atoms with E-state index in [0.717, 1.165) is 34.4 Å². The number of hydrogen-bond acceptors (Lipinski definition) is 4. The van der Waals surface area contributed by atoms with E-state index < -0.39 is 6.29 Å². The van der Waals surface area contributed by atoms with E-state index in [2.05, 4.69) is 0 Å². The predicted octanol–water partition coefficient (Wildman–Crippen LogP) is 2.18. The second-order valence-electron chi connectivity index (χ2n) is 4.72. The Hall–Kier alpha value is -1.55. The van der Waals surface area contributed by atoms with E-state index in [1.807, 2.05) is 20.8 Å². The highest BCUT2D eigenvalue weighted by Gasteiger charge is 2.25. The molecule has 1 N–H and O–H groups in total. The molecular weight excluding hydrogens is 232 g/mol. The van der Waals surface area contributed by atoms with Gasteiger partial charge in [-0.2, -0.15) is 0 Å². The molecule has 1 heterocycles. The molecule has 1 unspecified atom stereocenters. The summed E-state index contributed by atoms with van der Waals surface area (Å²) in [5.41, 5.74) is 3.76. The van der Waals surface area contributed by atoms with Gasteiger partial charge in [0.05, 0.1) is 0 Å². The highest BCUT2D eigenvalue weighted by atomic mass is 16.6. The van der Waals surface area contributed by atoms with Crippen molar-refractivity contribution in [3.63, 3.8) is 0 Å². The summed E-state index contributed by atoms with van der Waals surface area (Å²) in [6.07, 6.45) is 0.558. The molecule has 1 aromatic rings. The van der Waals surface area contributed by atoms with Crippen LogP contribution in [0.5, 0.6) is 11.5 Å². The summed E-state index contributed by atoms with van der Waals surface area (Å²) in [7, 11) is 0. The standard InChI is InChI=1S/C14H18O4/c1-7-8(2)14-11(5-6-12(16)18-14)9(3)13(7)17-10(4)15/h12,16H,5-6H2,1-4H3. The topological polar surface area (TPSA) is 55.8 Å². The Kier molecular flexibility index (Phi) is 3.30. The van der Waals surface area contributed by atoms with Crippen molar-refractivity contribution in [3.05, 3.63) is 22.3 Å². The number of hydrogen-bond donors (Lipinski definition) is 1. The third-order valence-electron chi connectivity index (χ3n) is 3.45. The van der Waals surface area contributed by atoms with Gasteiger partial charge in [0.25, 0.3) is 0 Å². The fourth-order valence-corrected chi connectivity index (χ4v) is 2.38. The molecule has 0 saturated carbocycles. The first kappa shape index (κ1) is 12.9. The van der Waals surface area contributed by atoms with E-state index in [1.165, 1.54) is 6.92 Å². The summed E-state index contributed by atoms with van der Waals surface area (Å²) in [5.74, 6) is 1.04. The highest BCUT2D eigenvalue weighted by Crippen LogP contribution is 2.41. The van der Waals surface area contributed by atoms with Crippen molar-refractivity contribution in [1.82, 2.24) is 0 Å². The van der Waals surface area contributed by atoms with Crippen LogP contribution in [0.3, 0.4) is 0 Å². The molecule has 4 heteroatoms. The van der Waals surface area contributed by atoms with Crippen LogP contribution in [0.15, 0.2) is 0 Å². The molecular formula is C14H18O4. The number of aliphatic hydroxyl groups excluding tert-OH is 1. The maximum atomic E-state index is 11.2. The van der Waals surface area contributed by atoms with E-state index >= 15 is 0 Å². The van der Waals surface area contributed by atoms with Gasteiger partial charge in [-0.1, -0.05) is 0 Å². The molecule has 0 amide bonds. The summed E-state index contributed by atoms with van der Waals surface area (Å²) in [4.78, 5) is 11.2. The molecule has 0 radical (unpaired) electrons. The highest BCUT2D eigenvalue weighted by molar-refractivity contribution is 5.72. The number of carbonyl (C=O) groups is 1. The minimum atomic E-state index is -0.741. The van der Waals surface area contributed by atoms with Crippen LogP contribution in [0, 0.1) is 20.8 Å². The molecule has 18 heavy (non-hydrogen) atoms. The number of ether oxygens (including phenoxy) is 2. The molecule has 0 aliphatic carbocycles. The van der Waals surface area contributed by atoms with Gasteiger partial charge in [0, 0.05) is 18.9 Å². The first-order valence-corrected chi connectivity index (χ1v) is 6.07. The zero-order valence-electron chi connectivity index (χ0n) is 11.2. The Morgan fingerprint density at radius 2 is 1.94 bits per heavy atom.